The first-order chi connectivity index (χ1) is 9.36. The van der Waals surface area contributed by atoms with Gasteiger partial charge < -0.3 is 5.73 Å². The van der Waals surface area contributed by atoms with Gasteiger partial charge in [0, 0.05) is 12.1 Å². The zero-order chi connectivity index (χ0) is 13.3. The van der Waals surface area contributed by atoms with Gasteiger partial charge in [-0.3, -0.25) is 4.99 Å². The summed E-state index contributed by atoms with van der Waals surface area (Å²) in [5.41, 5.74) is 8.33. The van der Waals surface area contributed by atoms with Gasteiger partial charge in [-0.1, -0.05) is 60.7 Å². The van der Waals surface area contributed by atoms with Crippen molar-refractivity contribution >= 4 is 5.84 Å². The largest absolute Gasteiger partial charge is 0.384 e. The lowest BCUT2D eigenvalue weighted by Crippen LogP contribution is -2.13. The number of aryl methyl sites for hydroxylation is 1. The van der Waals surface area contributed by atoms with Crippen molar-refractivity contribution in [3.8, 4) is 0 Å². The van der Waals surface area contributed by atoms with Gasteiger partial charge in [-0.15, -0.1) is 0 Å². The van der Waals surface area contributed by atoms with E-state index >= 15 is 0 Å². The molecule has 2 aromatic rings. The Morgan fingerprint density at radius 1 is 0.842 bits per heavy atom. The molecule has 0 heterocycles. The minimum Gasteiger partial charge on any atom is -0.384 e. The maximum Gasteiger partial charge on any atom is 0.125 e. The molecule has 0 atom stereocenters. The Hall–Kier alpha value is -2.09. The Kier molecular flexibility index (Phi) is 5.17. The maximum atomic E-state index is 5.94. The number of unbranched alkanes of at least 4 members (excludes halogenated alkanes) is 1. The Morgan fingerprint density at radius 2 is 1.47 bits per heavy atom. The molecule has 2 aromatic carbocycles. The summed E-state index contributed by atoms with van der Waals surface area (Å²) in [5.74, 6) is 0.639. The van der Waals surface area contributed by atoms with E-state index in [4.69, 9.17) is 5.73 Å². The number of aliphatic imine (C=N–C) groups is 1. The SMILES string of the molecule is NC(=NCCCCc1ccccc1)c1ccccc1. The minimum atomic E-state index is 0.639. The lowest BCUT2D eigenvalue weighted by Gasteiger charge is -2.02. The molecule has 2 N–H and O–H groups in total. The average molecular weight is 252 g/mol. The number of benzene rings is 2. The first-order valence-corrected chi connectivity index (χ1v) is 6.75. The average Bonchev–Trinajstić information content (AvgIpc) is 2.49. The van der Waals surface area contributed by atoms with Gasteiger partial charge in [0.25, 0.3) is 0 Å². The summed E-state index contributed by atoms with van der Waals surface area (Å²) < 4.78 is 0. The third-order valence-electron chi connectivity index (χ3n) is 3.07. The normalized spacial score (nSPS) is 11.5. The third kappa shape index (κ3) is 4.59. The van der Waals surface area contributed by atoms with E-state index in [1.807, 2.05) is 36.4 Å². The molecule has 0 unspecified atom stereocenters. The second-order valence-electron chi connectivity index (χ2n) is 4.58. The van der Waals surface area contributed by atoms with Crippen LogP contribution < -0.4 is 5.73 Å². The van der Waals surface area contributed by atoms with E-state index in [1.165, 1.54) is 5.56 Å². The Bertz CT molecular complexity index is 503. The van der Waals surface area contributed by atoms with Crippen molar-refractivity contribution in [1.82, 2.24) is 0 Å². The van der Waals surface area contributed by atoms with Crippen LogP contribution in [-0.4, -0.2) is 12.4 Å². The van der Waals surface area contributed by atoms with Gasteiger partial charge in [0.2, 0.25) is 0 Å². The molecule has 0 aliphatic rings. The first kappa shape index (κ1) is 13.3. The van der Waals surface area contributed by atoms with E-state index < -0.39 is 0 Å². The van der Waals surface area contributed by atoms with E-state index in [9.17, 15) is 0 Å². The van der Waals surface area contributed by atoms with E-state index in [0.29, 0.717) is 5.84 Å². The molecule has 0 aliphatic carbocycles. The number of hydrogen-bond acceptors (Lipinski definition) is 1. The Morgan fingerprint density at radius 3 is 2.16 bits per heavy atom. The van der Waals surface area contributed by atoms with Gasteiger partial charge in [-0.25, -0.2) is 0 Å². The van der Waals surface area contributed by atoms with Crippen molar-refractivity contribution in [2.75, 3.05) is 6.54 Å². The van der Waals surface area contributed by atoms with Crippen LogP contribution in [-0.2, 0) is 6.42 Å². The highest BCUT2D eigenvalue weighted by molar-refractivity contribution is 5.97. The van der Waals surface area contributed by atoms with E-state index in [2.05, 4.69) is 29.3 Å². The standard InChI is InChI=1S/C17H20N2/c18-17(16-12-5-2-6-13-16)19-14-8-7-11-15-9-3-1-4-10-15/h1-6,9-10,12-13H,7-8,11,14H2,(H2,18,19). The van der Waals surface area contributed by atoms with Gasteiger partial charge in [-0.2, -0.15) is 0 Å². The van der Waals surface area contributed by atoms with Crippen molar-refractivity contribution in [3.05, 3.63) is 71.8 Å². The second-order valence-corrected chi connectivity index (χ2v) is 4.58. The molecule has 0 bridgehead atoms. The van der Waals surface area contributed by atoms with Gasteiger partial charge in [-0.05, 0) is 24.8 Å². The first-order valence-electron chi connectivity index (χ1n) is 6.75. The van der Waals surface area contributed by atoms with Gasteiger partial charge in [0.05, 0.1) is 0 Å². The smallest absolute Gasteiger partial charge is 0.125 e. The summed E-state index contributed by atoms with van der Waals surface area (Å²) >= 11 is 0. The molecule has 0 spiro atoms. The Balaban J connectivity index is 1.72. The molecule has 2 nitrogen and oxygen atoms in total. The lowest BCUT2D eigenvalue weighted by atomic mass is 10.1. The molecule has 0 amide bonds. The van der Waals surface area contributed by atoms with Crippen molar-refractivity contribution in [3.63, 3.8) is 0 Å². The number of rotatable bonds is 6. The lowest BCUT2D eigenvalue weighted by molar-refractivity contribution is 0.745. The van der Waals surface area contributed by atoms with Gasteiger partial charge >= 0.3 is 0 Å². The van der Waals surface area contributed by atoms with Crippen LogP contribution >= 0.6 is 0 Å². The van der Waals surface area contributed by atoms with Crippen LogP contribution in [0.4, 0.5) is 0 Å². The fourth-order valence-corrected chi connectivity index (χ4v) is 1.99. The van der Waals surface area contributed by atoms with E-state index in [-0.39, 0.29) is 0 Å². The van der Waals surface area contributed by atoms with Crippen LogP contribution in [0.5, 0.6) is 0 Å². The summed E-state index contributed by atoms with van der Waals surface area (Å²) in [7, 11) is 0. The molecule has 2 rings (SSSR count). The molecule has 19 heavy (non-hydrogen) atoms. The zero-order valence-electron chi connectivity index (χ0n) is 11.1. The van der Waals surface area contributed by atoms with Crippen molar-refractivity contribution in [2.24, 2.45) is 10.7 Å². The molecule has 0 aromatic heterocycles. The highest BCUT2D eigenvalue weighted by Gasteiger charge is 1.96. The van der Waals surface area contributed by atoms with E-state index in [0.717, 1.165) is 31.4 Å². The van der Waals surface area contributed by atoms with Gasteiger partial charge in [0.1, 0.15) is 5.84 Å². The molecule has 2 heteroatoms. The summed E-state index contributed by atoms with van der Waals surface area (Å²) in [6, 6.07) is 20.5. The van der Waals surface area contributed by atoms with E-state index in [1.54, 1.807) is 0 Å². The number of amidine groups is 1. The predicted octanol–water partition coefficient (Wildman–Crippen LogP) is 3.41. The maximum absolute atomic E-state index is 5.94. The molecule has 0 saturated carbocycles. The molecule has 0 aliphatic heterocycles. The molecule has 0 saturated heterocycles. The molecule has 0 fully saturated rings. The van der Waals surface area contributed by atoms with Crippen LogP contribution in [0.1, 0.15) is 24.0 Å². The quantitative estimate of drug-likeness (QED) is 0.477. The van der Waals surface area contributed by atoms with Crippen LogP contribution in [0.25, 0.3) is 0 Å². The number of nitrogens with zero attached hydrogens (tertiary/aromatic N) is 1. The summed E-state index contributed by atoms with van der Waals surface area (Å²) in [6.07, 6.45) is 3.33. The summed E-state index contributed by atoms with van der Waals surface area (Å²) in [5, 5.41) is 0. The molecule has 0 radical (unpaired) electrons. The monoisotopic (exact) mass is 252 g/mol. The number of hydrogen-bond donors (Lipinski definition) is 1. The second kappa shape index (κ2) is 7.37. The summed E-state index contributed by atoms with van der Waals surface area (Å²) in [6.45, 7) is 0.799. The highest BCUT2D eigenvalue weighted by Crippen LogP contribution is 2.05. The van der Waals surface area contributed by atoms with Gasteiger partial charge in [0.15, 0.2) is 0 Å². The van der Waals surface area contributed by atoms with Crippen LogP contribution in [0.15, 0.2) is 65.7 Å². The fourth-order valence-electron chi connectivity index (χ4n) is 1.99. The third-order valence-corrected chi connectivity index (χ3v) is 3.07. The fraction of sp³-hybridized carbons (Fsp3) is 0.235. The van der Waals surface area contributed by atoms with Crippen LogP contribution in [0, 0.1) is 0 Å². The topological polar surface area (TPSA) is 38.4 Å². The molecular weight excluding hydrogens is 232 g/mol. The van der Waals surface area contributed by atoms with Crippen molar-refractivity contribution in [1.29, 1.82) is 0 Å². The van der Waals surface area contributed by atoms with Crippen molar-refractivity contribution < 1.29 is 0 Å². The zero-order valence-corrected chi connectivity index (χ0v) is 11.1. The molecule has 98 valence electrons. The Labute approximate surface area is 115 Å². The van der Waals surface area contributed by atoms with Crippen molar-refractivity contribution in [2.45, 2.75) is 19.3 Å². The summed E-state index contributed by atoms with van der Waals surface area (Å²) in [4.78, 5) is 4.42. The van der Waals surface area contributed by atoms with Crippen LogP contribution in [0.3, 0.4) is 0 Å². The number of nitrogens with two attached hydrogens (primary N) is 1. The minimum absolute atomic E-state index is 0.639. The molecular formula is C17H20N2. The highest BCUT2D eigenvalue weighted by atomic mass is 14.8. The predicted molar refractivity (Wildman–Crippen MR) is 81.4 cm³/mol. The van der Waals surface area contributed by atoms with Crippen LogP contribution in [0.2, 0.25) is 0 Å².